The van der Waals surface area contributed by atoms with Crippen LogP contribution in [0.3, 0.4) is 0 Å². The van der Waals surface area contributed by atoms with Crippen molar-refractivity contribution in [3.63, 3.8) is 0 Å². The van der Waals surface area contributed by atoms with Crippen molar-refractivity contribution in [3.8, 4) is 17.2 Å². The van der Waals surface area contributed by atoms with E-state index in [0.717, 1.165) is 65.5 Å². The molecule has 1 aliphatic rings. The van der Waals surface area contributed by atoms with Crippen LogP contribution in [0.25, 0.3) is 0 Å². The summed E-state index contributed by atoms with van der Waals surface area (Å²) in [6.07, 6.45) is 3.27. The molecular formula is C23H22BrNO2. The summed E-state index contributed by atoms with van der Waals surface area (Å²) >= 11 is 3.44. The average Bonchev–Trinajstić information content (AvgIpc) is 2.71. The van der Waals surface area contributed by atoms with E-state index >= 15 is 0 Å². The summed E-state index contributed by atoms with van der Waals surface area (Å²) in [6.45, 7) is 1.72. The summed E-state index contributed by atoms with van der Waals surface area (Å²) in [5.41, 5.74) is 2.28. The van der Waals surface area contributed by atoms with E-state index < -0.39 is 0 Å². The van der Waals surface area contributed by atoms with Gasteiger partial charge in [0, 0.05) is 11.0 Å². The first kappa shape index (κ1) is 17.9. The predicted molar refractivity (Wildman–Crippen MR) is 113 cm³/mol. The van der Waals surface area contributed by atoms with E-state index in [9.17, 15) is 0 Å². The average molecular weight is 424 g/mol. The highest BCUT2D eigenvalue weighted by Crippen LogP contribution is 2.46. The molecule has 3 aromatic carbocycles. The van der Waals surface area contributed by atoms with Crippen LogP contribution in [0, 0.1) is 0 Å². The third kappa shape index (κ3) is 4.28. The molecule has 0 aromatic heterocycles. The zero-order valence-corrected chi connectivity index (χ0v) is 16.7. The monoisotopic (exact) mass is 423 g/mol. The van der Waals surface area contributed by atoms with Crippen molar-refractivity contribution >= 4 is 27.3 Å². The lowest BCUT2D eigenvalue weighted by Gasteiger charge is -2.32. The Balaban J connectivity index is 1.31. The normalized spacial score (nSPS) is 12.1. The molecule has 3 aromatic rings. The van der Waals surface area contributed by atoms with Gasteiger partial charge >= 0.3 is 0 Å². The highest BCUT2D eigenvalue weighted by atomic mass is 79.9. The molecule has 0 unspecified atom stereocenters. The quantitative estimate of drug-likeness (QED) is 0.384. The number of unbranched alkanes of at least 4 members (excludes halogenated alkanes) is 2. The van der Waals surface area contributed by atoms with Crippen molar-refractivity contribution < 1.29 is 9.47 Å². The van der Waals surface area contributed by atoms with E-state index in [1.165, 1.54) is 0 Å². The Morgan fingerprint density at radius 3 is 2.04 bits per heavy atom. The Hall–Kier alpha value is -2.46. The van der Waals surface area contributed by atoms with Crippen molar-refractivity contribution in [2.45, 2.75) is 19.3 Å². The lowest BCUT2D eigenvalue weighted by atomic mass is 10.1. The SMILES string of the molecule is Brc1ccc(OCCCCCN2c3ccccc3Oc3ccccc32)cc1. The van der Waals surface area contributed by atoms with Crippen molar-refractivity contribution in [1.82, 2.24) is 0 Å². The van der Waals surface area contributed by atoms with Gasteiger partial charge in [-0.25, -0.2) is 0 Å². The van der Waals surface area contributed by atoms with Crippen molar-refractivity contribution in [1.29, 1.82) is 0 Å². The fourth-order valence-electron chi connectivity index (χ4n) is 3.29. The zero-order valence-electron chi connectivity index (χ0n) is 15.1. The molecule has 0 amide bonds. The van der Waals surface area contributed by atoms with Crippen LogP contribution in [-0.2, 0) is 0 Å². The second kappa shape index (κ2) is 8.49. The highest BCUT2D eigenvalue weighted by Gasteiger charge is 2.22. The molecule has 0 spiro atoms. The number of rotatable bonds is 7. The number of nitrogens with zero attached hydrogens (tertiary/aromatic N) is 1. The first-order valence-corrected chi connectivity index (χ1v) is 10.1. The van der Waals surface area contributed by atoms with Crippen LogP contribution in [0.2, 0.25) is 0 Å². The molecule has 0 N–H and O–H groups in total. The summed E-state index contributed by atoms with van der Waals surface area (Å²) in [6, 6.07) is 24.5. The molecule has 27 heavy (non-hydrogen) atoms. The van der Waals surface area contributed by atoms with Crippen LogP contribution in [0.4, 0.5) is 11.4 Å². The summed E-state index contributed by atoms with van der Waals surface area (Å²) in [4.78, 5) is 2.36. The van der Waals surface area contributed by atoms with Gasteiger partial charge in [0.05, 0.1) is 18.0 Å². The zero-order chi connectivity index (χ0) is 18.5. The minimum atomic E-state index is 0.748. The lowest BCUT2D eigenvalue weighted by molar-refractivity contribution is 0.305. The van der Waals surface area contributed by atoms with Gasteiger partial charge in [-0.2, -0.15) is 0 Å². The van der Waals surface area contributed by atoms with E-state index in [2.05, 4.69) is 45.1 Å². The van der Waals surface area contributed by atoms with Gasteiger partial charge in [0.25, 0.3) is 0 Å². The summed E-state index contributed by atoms with van der Waals surface area (Å²) in [5, 5.41) is 0. The molecule has 1 heterocycles. The van der Waals surface area contributed by atoms with Gasteiger partial charge in [0.1, 0.15) is 5.75 Å². The van der Waals surface area contributed by atoms with Crippen LogP contribution in [-0.4, -0.2) is 13.2 Å². The van der Waals surface area contributed by atoms with Gasteiger partial charge in [-0.05, 0) is 67.8 Å². The molecule has 3 nitrogen and oxygen atoms in total. The molecular weight excluding hydrogens is 402 g/mol. The highest BCUT2D eigenvalue weighted by molar-refractivity contribution is 9.10. The van der Waals surface area contributed by atoms with E-state index in [1.807, 2.05) is 48.5 Å². The topological polar surface area (TPSA) is 21.7 Å². The fourth-order valence-corrected chi connectivity index (χ4v) is 3.56. The number of para-hydroxylation sites is 4. The second-order valence-corrected chi connectivity index (χ2v) is 7.47. The predicted octanol–water partition coefficient (Wildman–Crippen LogP) is 6.94. The number of hydrogen-bond acceptors (Lipinski definition) is 3. The summed E-state index contributed by atoms with van der Waals surface area (Å²) in [7, 11) is 0. The Bertz CT molecular complexity index is 849. The molecule has 0 radical (unpaired) electrons. The van der Waals surface area contributed by atoms with Gasteiger partial charge in [0.2, 0.25) is 0 Å². The fraction of sp³-hybridized carbons (Fsp3) is 0.217. The molecule has 0 atom stereocenters. The maximum Gasteiger partial charge on any atom is 0.151 e. The molecule has 0 saturated heterocycles. The van der Waals surface area contributed by atoms with Crippen molar-refractivity contribution in [2.24, 2.45) is 0 Å². The Morgan fingerprint density at radius 1 is 0.741 bits per heavy atom. The van der Waals surface area contributed by atoms with Gasteiger partial charge in [-0.3, -0.25) is 0 Å². The van der Waals surface area contributed by atoms with Gasteiger partial charge < -0.3 is 14.4 Å². The molecule has 0 aliphatic carbocycles. The van der Waals surface area contributed by atoms with E-state index in [1.54, 1.807) is 0 Å². The summed E-state index contributed by atoms with van der Waals surface area (Å²) in [5.74, 6) is 2.78. The largest absolute Gasteiger partial charge is 0.494 e. The molecule has 4 rings (SSSR count). The molecule has 0 saturated carbocycles. The minimum absolute atomic E-state index is 0.748. The van der Waals surface area contributed by atoms with E-state index in [0.29, 0.717) is 0 Å². The summed E-state index contributed by atoms with van der Waals surface area (Å²) < 4.78 is 12.9. The number of benzene rings is 3. The Morgan fingerprint density at radius 2 is 1.37 bits per heavy atom. The van der Waals surface area contributed by atoms with Crippen LogP contribution < -0.4 is 14.4 Å². The molecule has 0 bridgehead atoms. The smallest absolute Gasteiger partial charge is 0.151 e. The molecule has 4 heteroatoms. The number of fused-ring (bicyclic) bond motifs is 2. The maximum atomic E-state index is 6.04. The van der Waals surface area contributed by atoms with E-state index in [-0.39, 0.29) is 0 Å². The van der Waals surface area contributed by atoms with Crippen LogP contribution in [0.5, 0.6) is 17.2 Å². The first-order valence-electron chi connectivity index (χ1n) is 9.33. The number of anilines is 2. The molecule has 138 valence electrons. The number of ether oxygens (including phenoxy) is 2. The number of hydrogen-bond donors (Lipinski definition) is 0. The van der Waals surface area contributed by atoms with Crippen molar-refractivity contribution in [3.05, 3.63) is 77.3 Å². The molecule has 1 aliphatic heterocycles. The van der Waals surface area contributed by atoms with Crippen LogP contribution in [0.1, 0.15) is 19.3 Å². The lowest BCUT2D eigenvalue weighted by Crippen LogP contribution is -2.22. The van der Waals surface area contributed by atoms with Gasteiger partial charge in [-0.1, -0.05) is 40.2 Å². The molecule has 0 fully saturated rings. The van der Waals surface area contributed by atoms with Crippen molar-refractivity contribution in [2.75, 3.05) is 18.1 Å². The third-order valence-electron chi connectivity index (χ3n) is 4.64. The van der Waals surface area contributed by atoms with Crippen LogP contribution in [0.15, 0.2) is 77.3 Å². The minimum Gasteiger partial charge on any atom is -0.494 e. The van der Waals surface area contributed by atoms with Crippen LogP contribution >= 0.6 is 15.9 Å². The third-order valence-corrected chi connectivity index (χ3v) is 5.17. The Kier molecular flexibility index (Phi) is 5.64. The first-order chi connectivity index (χ1) is 13.3. The second-order valence-electron chi connectivity index (χ2n) is 6.55. The Labute approximate surface area is 168 Å². The van der Waals surface area contributed by atoms with Gasteiger partial charge in [-0.15, -0.1) is 0 Å². The standard InChI is InChI=1S/C23H22BrNO2/c24-18-12-14-19(15-13-18)26-17-7-1-6-16-25-20-8-2-4-10-22(20)27-23-11-5-3-9-21(23)25/h2-5,8-15H,1,6-7,16-17H2. The maximum absolute atomic E-state index is 6.04. The van der Waals surface area contributed by atoms with E-state index in [4.69, 9.17) is 9.47 Å². The number of halogens is 1. The van der Waals surface area contributed by atoms with Gasteiger partial charge in [0.15, 0.2) is 11.5 Å².